The van der Waals surface area contributed by atoms with E-state index in [1.807, 2.05) is 36.5 Å². The molecule has 6 aliphatic heterocycles. The molecule has 18 nitrogen and oxygen atoms in total. The number of aliphatic hydroxyl groups is 1. The number of hydrogen-bond donors (Lipinski definition) is 3. The van der Waals surface area contributed by atoms with Gasteiger partial charge < -0.3 is 39.0 Å². The number of anilines is 5. The van der Waals surface area contributed by atoms with Gasteiger partial charge in [0.2, 0.25) is 11.8 Å². The van der Waals surface area contributed by atoms with E-state index in [9.17, 15) is 29.1 Å². The van der Waals surface area contributed by atoms with Gasteiger partial charge in [-0.2, -0.15) is 0 Å². The lowest BCUT2D eigenvalue weighted by molar-refractivity contribution is -0.136. The van der Waals surface area contributed by atoms with E-state index in [1.54, 1.807) is 35.3 Å². The van der Waals surface area contributed by atoms with Gasteiger partial charge in [0.25, 0.3) is 17.4 Å². The molecule has 5 aromatic rings. The van der Waals surface area contributed by atoms with Crippen LogP contribution in [-0.2, 0) is 49.2 Å². The molecule has 1 unspecified atom stereocenters. The third-order valence-corrected chi connectivity index (χ3v) is 16.1. The monoisotopic (exact) mass is 961 g/mol. The highest BCUT2D eigenvalue weighted by Crippen LogP contribution is 2.44. The third-order valence-electron chi connectivity index (χ3n) is 16.1. The average molecular weight is 962 g/mol. The van der Waals surface area contributed by atoms with Crippen LogP contribution in [0.15, 0.2) is 65.8 Å². The van der Waals surface area contributed by atoms with E-state index in [-0.39, 0.29) is 53.8 Å². The standard InChI is InChI=1S/C53H59N11O7/c1-30-25-59(34-10-12-61-36(20-34)29-71-45-21-38-33(19-42(45)61)27-64(50(38)68)41-6-8-47(66)57-49(41)67)13-14-60(30)35-5-7-46(55-24-35)56-40-17-32(26-58(4)51(40)69)37-9-11-54-48(39(37)28-65)63-16-15-62-43(52(63)70)18-31-22-53(2,3)23-44(31)62/h5,7,9,11,17-19,21,24,26,30,34,36,41,65H,6,8,10,12-16,20,22-23,25,27-29H2,1-4H3,(H,55,56)(H,57,66,67)/t30-,34-,36-,41?/m0/s1. The maximum absolute atomic E-state index is 14.0. The highest BCUT2D eigenvalue weighted by molar-refractivity contribution is 6.07. The molecule has 4 atom stereocenters. The molecule has 71 heavy (non-hydrogen) atoms. The van der Waals surface area contributed by atoms with Crippen molar-refractivity contribution in [3.8, 4) is 16.9 Å². The summed E-state index contributed by atoms with van der Waals surface area (Å²) in [6, 6.07) is 13.6. The minimum atomic E-state index is -0.655. The van der Waals surface area contributed by atoms with Crippen LogP contribution in [0.4, 0.5) is 28.7 Å². The molecule has 1 aliphatic carbocycles. The maximum atomic E-state index is 14.0. The molecule has 4 amide bonds. The number of carbonyl (C=O) groups is 4. The first-order valence-corrected chi connectivity index (χ1v) is 25.0. The van der Waals surface area contributed by atoms with Crippen molar-refractivity contribution in [3.63, 3.8) is 0 Å². The van der Waals surface area contributed by atoms with E-state index in [2.05, 4.69) is 61.7 Å². The lowest BCUT2D eigenvalue weighted by Crippen LogP contribution is -2.59. The number of amides is 4. The zero-order valence-corrected chi connectivity index (χ0v) is 40.6. The van der Waals surface area contributed by atoms with Crippen molar-refractivity contribution < 1.29 is 29.0 Å². The van der Waals surface area contributed by atoms with Crippen molar-refractivity contribution in [2.45, 2.75) is 103 Å². The molecule has 3 fully saturated rings. The number of nitrogens with one attached hydrogen (secondary N) is 2. The summed E-state index contributed by atoms with van der Waals surface area (Å²) in [4.78, 5) is 85.6. The topological polar surface area (TPSA) is 191 Å². The van der Waals surface area contributed by atoms with Crippen molar-refractivity contribution in [2.75, 3.05) is 59.3 Å². The molecule has 0 saturated carbocycles. The highest BCUT2D eigenvalue weighted by Gasteiger charge is 2.43. The Morgan fingerprint density at radius 1 is 0.873 bits per heavy atom. The first-order valence-electron chi connectivity index (χ1n) is 25.0. The van der Waals surface area contributed by atoms with Gasteiger partial charge in [0.15, 0.2) is 0 Å². The Morgan fingerprint density at radius 3 is 2.52 bits per heavy atom. The van der Waals surface area contributed by atoms with Gasteiger partial charge in [0, 0.05) is 106 Å². The molecule has 7 aliphatic rings. The molecule has 0 radical (unpaired) electrons. The number of carbonyl (C=O) groups excluding carboxylic acids is 4. The molecular weight excluding hydrogens is 903 g/mol. The maximum Gasteiger partial charge on any atom is 0.276 e. The van der Waals surface area contributed by atoms with Gasteiger partial charge in [0.1, 0.15) is 41.4 Å². The predicted octanol–water partition coefficient (Wildman–Crippen LogP) is 4.37. The number of ether oxygens (including phenoxy) is 1. The molecule has 10 heterocycles. The summed E-state index contributed by atoms with van der Waals surface area (Å²) in [6.45, 7) is 11.9. The van der Waals surface area contributed by atoms with Crippen molar-refractivity contribution in [1.29, 1.82) is 0 Å². The molecule has 3 N–H and O–H groups in total. The van der Waals surface area contributed by atoms with E-state index in [0.717, 1.165) is 68.8 Å². The van der Waals surface area contributed by atoms with Crippen molar-refractivity contribution in [3.05, 3.63) is 105 Å². The van der Waals surface area contributed by atoms with E-state index in [0.29, 0.717) is 89.7 Å². The number of nitrogens with zero attached hydrogens (tertiary/aromatic N) is 9. The Morgan fingerprint density at radius 2 is 1.73 bits per heavy atom. The Kier molecular flexibility index (Phi) is 10.8. The minimum absolute atomic E-state index is 0.131. The molecule has 368 valence electrons. The van der Waals surface area contributed by atoms with Gasteiger partial charge >= 0.3 is 0 Å². The number of hydrogen-bond acceptors (Lipinski definition) is 13. The average Bonchev–Trinajstić information content (AvgIpc) is 3.98. The van der Waals surface area contributed by atoms with E-state index < -0.39 is 11.9 Å². The van der Waals surface area contributed by atoms with Gasteiger partial charge in [-0.3, -0.25) is 39.1 Å². The van der Waals surface area contributed by atoms with Crippen LogP contribution in [0.5, 0.6) is 5.75 Å². The number of benzene rings is 1. The molecule has 18 heteroatoms. The number of imide groups is 1. The van der Waals surface area contributed by atoms with E-state index in [4.69, 9.17) is 9.72 Å². The van der Waals surface area contributed by atoms with Crippen molar-refractivity contribution in [2.24, 2.45) is 12.5 Å². The number of pyridine rings is 3. The fourth-order valence-electron chi connectivity index (χ4n) is 12.6. The second-order valence-electron chi connectivity index (χ2n) is 21.3. The Bertz CT molecular complexity index is 3110. The van der Waals surface area contributed by atoms with Crippen molar-refractivity contribution >= 4 is 52.3 Å². The fraction of sp³-hybridized carbons (Fsp3) is 0.453. The van der Waals surface area contributed by atoms with Crippen LogP contribution in [0, 0.1) is 5.41 Å². The van der Waals surface area contributed by atoms with E-state index >= 15 is 0 Å². The molecule has 3 saturated heterocycles. The molecule has 0 spiro atoms. The number of rotatable bonds is 8. The Hall–Kier alpha value is -7.05. The summed E-state index contributed by atoms with van der Waals surface area (Å²) in [6.07, 6.45) is 9.64. The van der Waals surface area contributed by atoms with Crippen LogP contribution in [0.3, 0.4) is 0 Å². The van der Waals surface area contributed by atoms with Gasteiger partial charge in [-0.25, -0.2) is 9.97 Å². The lowest BCUT2D eigenvalue weighted by atomic mass is 9.90. The first-order chi connectivity index (χ1) is 34.2. The van der Waals surface area contributed by atoms with Gasteiger partial charge in [-0.05, 0) is 104 Å². The lowest BCUT2D eigenvalue weighted by Gasteiger charge is -2.50. The molecule has 1 aromatic carbocycles. The van der Waals surface area contributed by atoms with Crippen LogP contribution in [-0.4, -0.2) is 121 Å². The second kappa shape index (κ2) is 17.1. The van der Waals surface area contributed by atoms with Crippen molar-refractivity contribution in [1.82, 2.24) is 34.2 Å². The summed E-state index contributed by atoms with van der Waals surface area (Å²) in [5.74, 6) is 0.608. The molecule has 4 aromatic heterocycles. The van der Waals surface area contributed by atoms with Crippen LogP contribution < -0.4 is 35.6 Å². The Labute approximate surface area is 411 Å². The number of fused-ring (bicyclic) bond motifs is 7. The third kappa shape index (κ3) is 7.73. The molecule has 0 bridgehead atoms. The summed E-state index contributed by atoms with van der Waals surface area (Å²) in [7, 11) is 1.69. The summed E-state index contributed by atoms with van der Waals surface area (Å²) in [5.41, 5.74) is 8.75. The predicted molar refractivity (Wildman–Crippen MR) is 266 cm³/mol. The highest BCUT2D eigenvalue weighted by atomic mass is 16.5. The molecular formula is C53H59N11O7. The number of piperidine rings is 2. The smallest absolute Gasteiger partial charge is 0.276 e. The van der Waals surface area contributed by atoms with Crippen LogP contribution in [0.1, 0.15) is 89.7 Å². The zero-order valence-electron chi connectivity index (χ0n) is 40.6. The largest absolute Gasteiger partial charge is 0.489 e. The SMILES string of the molecule is C[C@H]1CN([C@H]2CCN3c4cc5c(cc4OC[C@@H]3C2)C(=O)N(C2CCC(=O)NC2=O)C5)CCN1c1ccc(Nc2cc(-c3ccnc(N4CCn5c(cc6c5CC(C)(C)C6)C4=O)c3CO)cn(C)c2=O)nc1. The first kappa shape index (κ1) is 45.1. The normalized spacial score (nSPS) is 23.7. The van der Waals surface area contributed by atoms with Gasteiger partial charge in [-0.1, -0.05) is 13.8 Å². The quantitative estimate of drug-likeness (QED) is 0.186. The molecule has 12 rings (SSSR count). The number of aromatic nitrogens is 4. The van der Waals surface area contributed by atoms with Crippen LogP contribution in [0.2, 0.25) is 0 Å². The number of aryl methyl sites for hydroxylation is 1. The fourth-order valence-corrected chi connectivity index (χ4v) is 12.6. The summed E-state index contributed by atoms with van der Waals surface area (Å²) >= 11 is 0. The van der Waals surface area contributed by atoms with Gasteiger partial charge in [0.05, 0.1) is 30.2 Å². The zero-order chi connectivity index (χ0) is 49.0. The van der Waals surface area contributed by atoms with Gasteiger partial charge in [-0.15, -0.1) is 0 Å². The van der Waals surface area contributed by atoms with Crippen LogP contribution in [0.25, 0.3) is 11.1 Å². The van der Waals surface area contributed by atoms with Crippen LogP contribution >= 0.6 is 0 Å². The van der Waals surface area contributed by atoms with E-state index in [1.165, 1.54) is 15.8 Å². The second-order valence-corrected chi connectivity index (χ2v) is 21.3. The number of piperazine rings is 1. The number of aliphatic hydroxyl groups excluding tert-OH is 1. The minimum Gasteiger partial charge on any atom is -0.489 e. The summed E-state index contributed by atoms with van der Waals surface area (Å²) in [5, 5.41) is 16.5. The summed E-state index contributed by atoms with van der Waals surface area (Å²) < 4.78 is 10.0. The Balaban J connectivity index is 0.690.